The Morgan fingerprint density at radius 1 is 1.00 bits per heavy atom. The Morgan fingerprint density at radius 3 is 2.62 bits per heavy atom. The molecule has 2 aromatic rings. The van der Waals surface area contributed by atoms with Crippen molar-refractivity contribution in [3.05, 3.63) is 93.2 Å². The van der Waals surface area contributed by atoms with Crippen LogP contribution in [0.15, 0.2) is 71.0 Å². The topological polar surface area (TPSA) is 52.8 Å². The molecule has 0 unspecified atom stereocenters. The number of rotatable bonds is 1. The van der Waals surface area contributed by atoms with Crippen LogP contribution in [0.1, 0.15) is 74.0 Å². The average molecular weight is 534 g/mol. The minimum Gasteiger partial charge on any atom is -0.478 e. The summed E-state index contributed by atoms with van der Waals surface area (Å²) in [5.41, 5.74) is 13.2. The van der Waals surface area contributed by atoms with Crippen LogP contribution in [-0.4, -0.2) is 46.7 Å². The second-order valence-corrected chi connectivity index (χ2v) is 13.6. The summed E-state index contributed by atoms with van der Waals surface area (Å²) < 4.78 is 9.35. The van der Waals surface area contributed by atoms with E-state index in [0.717, 1.165) is 43.6 Å². The van der Waals surface area contributed by atoms with E-state index < -0.39 is 5.97 Å². The van der Waals surface area contributed by atoms with E-state index in [1.54, 1.807) is 6.07 Å². The molecule has 204 valence electrons. The fourth-order valence-electron chi connectivity index (χ4n) is 8.69. The zero-order chi connectivity index (χ0) is 27.7. The average Bonchev–Trinajstić information content (AvgIpc) is 3.29. The van der Waals surface area contributed by atoms with Crippen LogP contribution in [0.4, 0.5) is 11.4 Å². The molecule has 5 heterocycles. The van der Waals surface area contributed by atoms with Gasteiger partial charge in [0.15, 0.2) is 12.3 Å². The molecule has 1 N–H and O–H groups in total. The molecule has 5 aliphatic heterocycles. The van der Waals surface area contributed by atoms with Crippen LogP contribution in [0.2, 0.25) is 0 Å². The first-order chi connectivity index (χ1) is 19.1. The molecule has 5 nitrogen and oxygen atoms in total. The highest BCUT2D eigenvalue weighted by molar-refractivity contribution is 6.09. The Balaban J connectivity index is 1.26. The van der Waals surface area contributed by atoms with Crippen LogP contribution < -0.4 is 4.90 Å². The van der Waals surface area contributed by atoms with E-state index in [2.05, 4.69) is 74.4 Å². The van der Waals surface area contributed by atoms with Gasteiger partial charge in [-0.3, -0.25) is 0 Å². The molecule has 0 radical (unpaired) electrons. The van der Waals surface area contributed by atoms with E-state index in [9.17, 15) is 9.90 Å². The number of aryl methyl sites for hydroxylation is 1. The van der Waals surface area contributed by atoms with Crippen LogP contribution in [0.25, 0.3) is 0 Å². The maximum absolute atomic E-state index is 11.8. The van der Waals surface area contributed by atoms with Crippen molar-refractivity contribution < 1.29 is 19.2 Å². The number of allylic oxidation sites excluding steroid dienone is 3. The lowest BCUT2D eigenvalue weighted by Crippen LogP contribution is -2.46. The molecule has 0 spiro atoms. The summed E-state index contributed by atoms with van der Waals surface area (Å²) in [6.45, 7) is 13.4. The Kier molecular flexibility index (Phi) is 4.78. The van der Waals surface area contributed by atoms with Crippen molar-refractivity contribution in [1.29, 1.82) is 0 Å². The Morgan fingerprint density at radius 2 is 1.82 bits per heavy atom. The first-order valence-corrected chi connectivity index (χ1v) is 14.8. The molecule has 0 aromatic heterocycles. The standard InChI is InChI=1S/C35H36N2O3/c1-19-6-8-27-25(14-19)34(2,3)31-23-15-22-16-24-29(40-30(22)18-20(23)10-12-36(27)31)11-13-37-28-9-7-21(33(38)39)17-26(28)35(4,5)32(24)37/h6-9,14-17,20,29-30H,10-13,18H2,1-5H3/p+1/t20-,29-,30+/m1/s1. The highest BCUT2D eigenvalue weighted by atomic mass is 16.5. The zero-order valence-corrected chi connectivity index (χ0v) is 24.0. The molecule has 0 saturated heterocycles. The van der Waals surface area contributed by atoms with Gasteiger partial charge in [0, 0.05) is 47.0 Å². The number of anilines is 1. The molecule has 8 rings (SSSR count). The number of ether oxygens (including phenoxy) is 1. The number of carboxylic acid groups (broad SMARTS) is 1. The van der Waals surface area contributed by atoms with Crippen molar-refractivity contribution in [1.82, 2.24) is 0 Å². The van der Waals surface area contributed by atoms with Gasteiger partial charge in [-0.25, -0.2) is 4.79 Å². The molecule has 0 bridgehead atoms. The fourth-order valence-corrected chi connectivity index (χ4v) is 8.69. The predicted molar refractivity (Wildman–Crippen MR) is 157 cm³/mol. The lowest BCUT2D eigenvalue weighted by Gasteiger charge is -2.44. The normalized spacial score (nSPS) is 28.4. The first-order valence-electron chi connectivity index (χ1n) is 14.8. The van der Waals surface area contributed by atoms with Crippen molar-refractivity contribution >= 4 is 23.1 Å². The van der Waals surface area contributed by atoms with Gasteiger partial charge in [0.2, 0.25) is 5.69 Å². The predicted octanol–water partition coefficient (Wildman–Crippen LogP) is 6.57. The SMILES string of the molecule is Cc1ccc2c(c1)C(C)(C)C1=C3C=C4C=C5C6=[N+](CC[C@H]5O[C@H]4C[C@H]3CCN12)c1ccc(C(=O)O)cc1C6(C)C. The lowest BCUT2D eigenvalue weighted by atomic mass is 9.71. The van der Waals surface area contributed by atoms with Crippen LogP contribution in [0.5, 0.6) is 0 Å². The zero-order valence-electron chi connectivity index (χ0n) is 24.0. The van der Waals surface area contributed by atoms with E-state index in [1.165, 1.54) is 44.9 Å². The number of fused-ring (bicyclic) bond motifs is 9. The van der Waals surface area contributed by atoms with Gasteiger partial charge < -0.3 is 14.7 Å². The van der Waals surface area contributed by atoms with E-state index in [4.69, 9.17) is 4.74 Å². The summed E-state index contributed by atoms with van der Waals surface area (Å²) in [5, 5.41) is 9.66. The quantitative estimate of drug-likeness (QED) is 0.422. The summed E-state index contributed by atoms with van der Waals surface area (Å²) in [4.78, 5) is 14.4. The number of carbonyl (C=O) groups is 1. The molecular formula is C35H37N2O3+. The lowest BCUT2D eigenvalue weighted by molar-refractivity contribution is -0.445. The van der Waals surface area contributed by atoms with Gasteiger partial charge in [-0.1, -0.05) is 37.6 Å². The molecule has 1 aliphatic carbocycles. The number of aromatic carboxylic acids is 1. The molecule has 2 aromatic carbocycles. The third kappa shape index (κ3) is 3.07. The molecule has 6 aliphatic rings. The fraction of sp³-hybridized carbons (Fsp3) is 0.429. The maximum atomic E-state index is 11.8. The number of carboxylic acids is 1. The maximum Gasteiger partial charge on any atom is 0.335 e. The number of hydrogen-bond acceptors (Lipinski definition) is 3. The van der Waals surface area contributed by atoms with Crippen LogP contribution in [0, 0.1) is 12.8 Å². The Bertz CT molecular complexity index is 1670. The van der Waals surface area contributed by atoms with Gasteiger partial charge in [-0.2, -0.15) is 4.58 Å². The monoisotopic (exact) mass is 533 g/mol. The van der Waals surface area contributed by atoms with Gasteiger partial charge in [0.1, 0.15) is 0 Å². The number of benzene rings is 2. The summed E-state index contributed by atoms with van der Waals surface area (Å²) in [6, 6.07) is 12.6. The van der Waals surface area contributed by atoms with Gasteiger partial charge in [0.05, 0.1) is 23.2 Å². The second-order valence-electron chi connectivity index (χ2n) is 13.6. The molecule has 40 heavy (non-hydrogen) atoms. The highest BCUT2D eigenvalue weighted by Gasteiger charge is 2.54. The summed E-state index contributed by atoms with van der Waals surface area (Å²) in [6.07, 6.45) is 8.30. The third-order valence-electron chi connectivity index (χ3n) is 10.5. The second kappa shape index (κ2) is 7.85. The number of nitrogens with zero attached hydrogens (tertiary/aromatic N) is 2. The minimum atomic E-state index is -0.875. The molecule has 5 heteroatoms. The van der Waals surface area contributed by atoms with Crippen LogP contribution in [-0.2, 0) is 15.6 Å². The van der Waals surface area contributed by atoms with Crippen molar-refractivity contribution in [2.24, 2.45) is 5.92 Å². The van der Waals surface area contributed by atoms with E-state index in [1.807, 2.05) is 12.1 Å². The third-order valence-corrected chi connectivity index (χ3v) is 10.5. The minimum absolute atomic E-state index is 0.0300. The summed E-state index contributed by atoms with van der Waals surface area (Å²) >= 11 is 0. The Labute approximate surface area is 236 Å². The van der Waals surface area contributed by atoms with Crippen LogP contribution in [0.3, 0.4) is 0 Å². The van der Waals surface area contributed by atoms with Crippen molar-refractivity contribution in [3.63, 3.8) is 0 Å². The smallest absolute Gasteiger partial charge is 0.335 e. The molecule has 0 saturated carbocycles. The first kappa shape index (κ1) is 24.4. The summed E-state index contributed by atoms with van der Waals surface area (Å²) in [7, 11) is 0. The van der Waals surface area contributed by atoms with E-state index in [-0.39, 0.29) is 23.0 Å². The molecule has 3 atom stereocenters. The van der Waals surface area contributed by atoms with Crippen molar-refractivity contribution in [2.45, 2.75) is 76.9 Å². The van der Waals surface area contributed by atoms with Gasteiger partial charge in [-0.15, -0.1) is 0 Å². The van der Waals surface area contributed by atoms with E-state index >= 15 is 0 Å². The van der Waals surface area contributed by atoms with Gasteiger partial charge in [-0.05, 0) is 80.5 Å². The molecule has 0 fully saturated rings. The highest BCUT2D eigenvalue weighted by Crippen LogP contribution is 2.55. The van der Waals surface area contributed by atoms with Gasteiger partial charge in [0.25, 0.3) is 0 Å². The number of hydrogen-bond donors (Lipinski definition) is 1. The van der Waals surface area contributed by atoms with Crippen LogP contribution >= 0.6 is 0 Å². The van der Waals surface area contributed by atoms with E-state index in [0.29, 0.717) is 11.5 Å². The Hall–Kier alpha value is -3.44. The summed E-state index contributed by atoms with van der Waals surface area (Å²) in [5.74, 6) is -0.349. The molecular weight excluding hydrogens is 496 g/mol. The molecule has 0 amide bonds. The van der Waals surface area contributed by atoms with Crippen molar-refractivity contribution in [3.8, 4) is 0 Å². The van der Waals surface area contributed by atoms with Crippen molar-refractivity contribution in [2.75, 3.05) is 18.0 Å². The van der Waals surface area contributed by atoms with Gasteiger partial charge >= 0.3 is 5.97 Å². The largest absolute Gasteiger partial charge is 0.478 e.